The van der Waals surface area contributed by atoms with Crippen LogP contribution in [0.5, 0.6) is 0 Å². The van der Waals surface area contributed by atoms with Gasteiger partial charge in [-0.2, -0.15) is 4.98 Å². The predicted molar refractivity (Wildman–Crippen MR) is 39.7 cm³/mol. The Morgan fingerprint density at radius 3 is 2.92 bits per heavy atom. The minimum atomic E-state index is -0.214. The summed E-state index contributed by atoms with van der Waals surface area (Å²) in [6, 6.07) is 0. The Balaban J connectivity index is 2.58. The zero-order valence-electron chi connectivity index (χ0n) is 6.78. The molecule has 0 aromatic carbocycles. The first-order chi connectivity index (χ1) is 5.74. The van der Waals surface area contributed by atoms with E-state index in [-0.39, 0.29) is 18.2 Å². The van der Waals surface area contributed by atoms with Gasteiger partial charge < -0.3 is 9.63 Å². The lowest BCUT2D eigenvalue weighted by Crippen LogP contribution is -1.95. The SMILES string of the molecule is CC(=O)c1noc(CCCO)n1. The van der Waals surface area contributed by atoms with Crippen LogP contribution in [-0.4, -0.2) is 27.6 Å². The standard InChI is InChI=1S/C7H10N2O3/c1-5(11)7-8-6(12-9-7)3-2-4-10/h10H,2-4H2,1H3. The molecule has 0 unspecified atom stereocenters. The Bertz CT molecular complexity index is 269. The highest BCUT2D eigenvalue weighted by molar-refractivity contribution is 5.89. The average Bonchev–Trinajstić information content (AvgIpc) is 2.48. The molecular formula is C7H10N2O3. The lowest BCUT2D eigenvalue weighted by atomic mass is 10.3. The van der Waals surface area contributed by atoms with Crippen molar-refractivity contribution in [3.8, 4) is 0 Å². The summed E-state index contributed by atoms with van der Waals surface area (Å²) in [6.45, 7) is 1.46. The van der Waals surface area contributed by atoms with Gasteiger partial charge in [0.15, 0.2) is 0 Å². The smallest absolute Gasteiger partial charge is 0.238 e. The van der Waals surface area contributed by atoms with Crippen molar-refractivity contribution in [3.05, 3.63) is 11.7 Å². The number of aliphatic hydroxyl groups excluding tert-OH is 1. The summed E-state index contributed by atoms with van der Waals surface area (Å²) in [5, 5.41) is 11.9. The first kappa shape index (κ1) is 8.86. The molecule has 0 bridgehead atoms. The molecule has 1 aromatic rings. The summed E-state index contributed by atoms with van der Waals surface area (Å²) in [6.07, 6.45) is 1.08. The Morgan fingerprint density at radius 1 is 1.67 bits per heavy atom. The molecule has 0 aliphatic rings. The minimum Gasteiger partial charge on any atom is -0.396 e. The van der Waals surface area contributed by atoms with Gasteiger partial charge in [-0.05, 0) is 6.42 Å². The van der Waals surface area contributed by atoms with Gasteiger partial charge in [-0.3, -0.25) is 4.79 Å². The van der Waals surface area contributed by atoms with Crippen LogP contribution in [0.15, 0.2) is 4.52 Å². The van der Waals surface area contributed by atoms with E-state index in [1.807, 2.05) is 0 Å². The Morgan fingerprint density at radius 2 is 2.42 bits per heavy atom. The highest BCUT2D eigenvalue weighted by Crippen LogP contribution is 2.00. The Hall–Kier alpha value is -1.23. The molecule has 5 heteroatoms. The quantitative estimate of drug-likeness (QED) is 0.653. The molecule has 0 atom stereocenters. The second kappa shape index (κ2) is 3.96. The van der Waals surface area contributed by atoms with Crippen LogP contribution in [0.3, 0.4) is 0 Å². The molecule has 0 aliphatic heterocycles. The highest BCUT2D eigenvalue weighted by atomic mass is 16.5. The number of aromatic nitrogens is 2. The molecule has 0 fully saturated rings. The third-order valence-electron chi connectivity index (χ3n) is 1.33. The zero-order chi connectivity index (χ0) is 8.97. The van der Waals surface area contributed by atoms with E-state index < -0.39 is 0 Å². The molecule has 0 saturated heterocycles. The lowest BCUT2D eigenvalue weighted by molar-refractivity contribution is 0.100. The molecule has 0 saturated carbocycles. The van der Waals surface area contributed by atoms with E-state index in [9.17, 15) is 4.79 Å². The number of carbonyl (C=O) groups is 1. The van der Waals surface area contributed by atoms with Crippen molar-refractivity contribution < 1.29 is 14.4 Å². The van der Waals surface area contributed by atoms with Gasteiger partial charge in [0, 0.05) is 20.0 Å². The van der Waals surface area contributed by atoms with E-state index >= 15 is 0 Å². The van der Waals surface area contributed by atoms with Gasteiger partial charge >= 0.3 is 0 Å². The van der Waals surface area contributed by atoms with E-state index in [2.05, 4.69) is 10.1 Å². The first-order valence-electron chi connectivity index (χ1n) is 3.68. The number of aryl methyl sites for hydroxylation is 1. The number of hydrogen-bond acceptors (Lipinski definition) is 5. The van der Waals surface area contributed by atoms with Gasteiger partial charge in [0.25, 0.3) is 0 Å². The molecule has 0 spiro atoms. The van der Waals surface area contributed by atoms with Crippen molar-refractivity contribution in [2.24, 2.45) is 0 Å². The van der Waals surface area contributed by atoms with Crippen LogP contribution in [-0.2, 0) is 6.42 Å². The number of ketones is 1. The predicted octanol–water partition coefficient (Wildman–Crippen LogP) is 0.197. The van der Waals surface area contributed by atoms with Gasteiger partial charge in [-0.1, -0.05) is 5.16 Å². The fourth-order valence-corrected chi connectivity index (χ4v) is 0.730. The molecule has 0 amide bonds. The molecule has 66 valence electrons. The summed E-state index contributed by atoms with van der Waals surface area (Å²) >= 11 is 0. The van der Waals surface area contributed by atoms with E-state index in [1.54, 1.807) is 0 Å². The largest absolute Gasteiger partial charge is 0.396 e. The van der Waals surface area contributed by atoms with Crippen LogP contribution < -0.4 is 0 Å². The monoisotopic (exact) mass is 170 g/mol. The molecule has 1 rings (SSSR count). The Kier molecular flexibility index (Phi) is 2.93. The van der Waals surface area contributed by atoms with E-state index in [4.69, 9.17) is 9.63 Å². The third kappa shape index (κ3) is 2.13. The van der Waals surface area contributed by atoms with Gasteiger partial charge in [0.2, 0.25) is 17.5 Å². The minimum absolute atomic E-state index is 0.0811. The van der Waals surface area contributed by atoms with Crippen molar-refractivity contribution in [1.29, 1.82) is 0 Å². The van der Waals surface area contributed by atoms with Crippen molar-refractivity contribution in [1.82, 2.24) is 10.1 Å². The third-order valence-corrected chi connectivity index (χ3v) is 1.33. The van der Waals surface area contributed by atoms with Gasteiger partial charge in [0.1, 0.15) is 0 Å². The number of aliphatic hydroxyl groups is 1. The van der Waals surface area contributed by atoms with Crippen molar-refractivity contribution in [2.45, 2.75) is 19.8 Å². The molecule has 0 aliphatic carbocycles. The van der Waals surface area contributed by atoms with E-state index in [0.29, 0.717) is 18.7 Å². The normalized spacial score (nSPS) is 10.2. The van der Waals surface area contributed by atoms with Crippen LogP contribution in [0.1, 0.15) is 29.9 Å². The maximum atomic E-state index is 10.7. The van der Waals surface area contributed by atoms with Crippen molar-refractivity contribution in [2.75, 3.05) is 6.61 Å². The van der Waals surface area contributed by atoms with E-state index in [0.717, 1.165) is 0 Å². The molecule has 12 heavy (non-hydrogen) atoms. The average molecular weight is 170 g/mol. The van der Waals surface area contributed by atoms with Crippen LogP contribution in [0.2, 0.25) is 0 Å². The van der Waals surface area contributed by atoms with Crippen molar-refractivity contribution in [3.63, 3.8) is 0 Å². The summed E-state index contributed by atoms with van der Waals surface area (Å²) in [5.41, 5.74) is 0. The number of nitrogens with zero attached hydrogens (tertiary/aromatic N) is 2. The summed E-state index contributed by atoms with van der Waals surface area (Å²) in [5.74, 6) is 0.284. The lowest BCUT2D eigenvalue weighted by Gasteiger charge is -1.87. The molecular weight excluding hydrogens is 160 g/mol. The maximum absolute atomic E-state index is 10.7. The molecule has 1 aromatic heterocycles. The van der Waals surface area contributed by atoms with Crippen LogP contribution in [0.25, 0.3) is 0 Å². The molecule has 5 nitrogen and oxygen atoms in total. The summed E-state index contributed by atoms with van der Waals surface area (Å²) < 4.78 is 4.73. The highest BCUT2D eigenvalue weighted by Gasteiger charge is 2.08. The van der Waals surface area contributed by atoms with Crippen LogP contribution >= 0.6 is 0 Å². The second-order valence-corrected chi connectivity index (χ2v) is 2.40. The number of rotatable bonds is 4. The fourth-order valence-electron chi connectivity index (χ4n) is 0.730. The molecule has 1 N–H and O–H groups in total. The summed E-state index contributed by atoms with van der Waals surface area (Å²) in [7, 11) is 0. The first-order valence-corrected chi connectivity index (χ1v) is 3.68. The fraction of sp³-hybridized carbons (Fsp3) is 0.571. The Labute approximate surface area is 69.4 Å². The molecule has 0 radical (unpaired) electrons. The van der Waals surface area contributed by atoms with E-state index in [1.165, 1.54) is 6.92 Å². The summed E-state index contributed by atoms with van der Waals surface area (Å²) in [4.78, 5) is 14.5. The molecule has 1 heterocycles. The number of Topliss-reactive ketones (excluding diaryl/α,β-unsaturated/α-hetero) is 1. The topological polar surface area (TPSA) is 76.2 Å². The van der Waals surface area contributed by atoms with Crippen molar-refractivity contribution >= 4 is 5.78 Å². The van der Waals surface area contributed by atoms with Gasteiger partial charge in [0.05, 0.1) is 0 Å². The van der Waals surface area contributed by atoms with Gasteiger partial charge in [-0.25, -0.2) is 0 Å². The van der Waals surface area contributed by atoms with Crippen LogP contribution in [0, 0.1) is 0 Å². The second-order valence-electron chi connectivity index (χ2n) is 2.40. The number of carbonyl (C=O) groups excluding carboxylic acids is 1. The number of hydrogen-bond donors (Lipinski definition) is 1. The zero-order valence-corrected chi connectivity index (χ0v) is 6.78. The van der Waals surface area contributed by atoms with Gasteiger partial charge in [-0.15, -0.1) is 0 Å². The van der Waals surface area contributed by atoms with Crippen LogP contribution in [0.4, 0.5) is 0 Å². The maximum Gasteiger partial charge on any atom is 0.238 e.